The number of hydrogen-bond acceptors (Lipinski definition) is 6. The monoisotopic (exact) mass is 303 g/mol. The van der Waals surface area contributed by atoms with Crippen molar-refractivity contribution in [1.82, 2.24) is 9.97 Å². The molecule has 0 bridgehead atoms. The van der Waals surface area contributed by atoms with Gasteiger partial charge in [-0.25, -0.2) is 9.97 Å². The number of nitrogens with zero attached hydrogens (tertiary/aromatic N) is 4. The molecule has 0 amide bonds. The zero-order valence-corrected chi connectivity index (χ0v) is 13.1. The average molecular weight is 303 g/mol. The fourth-order valence-electron chi connectivity index (χ4n) is 2.70. The SMILES string of the molecule is CC(N)Cc1cccnc1N1CCN(c2nccs2)CC1. The summed E-state index contributed by atoms with van der Waals surface area (Å²) in [6.07, 6.45) is 4.61. The van der Waals surface area contributed by atoms with Crippen LogP contribution in [0.4, 0.5) is 10.9 Å². The molecule has 2 N–H and O–H groups in total. The van der Waals surface area contributed by atoms with Crippen LogP contribution in [-0.2, 0) is 6.42 Å². The van der Waals surface area contributed by atoms with Gasteiger partial charge in [-0.05, 0) is 25.0 Å². The van der Waals surface area contributed by atoms with Gasteiger partial charge in [-0.3, -0.25) is 0 Å². The zero-order chi connectivity index (χ0) is 14.7. The molecular formula is C15H21N5S. The number of pyridine rings is 1. The lowest BCUT2D eigenvalue weighted by molar-refractivity contribution is 0.639. The summed E-state index contributed by atoms with van der Waals surface area (Å²) < 4.78 is 0. The van der Waals surface area contributed by atoms with Gasteiger partial charge < -0.3 is 15.5 Å². The van der Waals surface area contributed by atoms with Crippen molar-refractivity contribution in [2.24, 2.45) is 5.73 Å². The predicted molar refractivity (Wildman–Crippen MR) is 88.1 cm³/mol. The normalized spacial score (nSPS) is 17.0. The van der Waals surface area contributed by atoms with E-state index in [9.17, 15) is 0 Å². The van der Waals surface area contributed by atoms with E-state index in [1.54, 1.807) is 11.3 Å². The summed E-state index contributed by atoms with van der Waals surface area (Å²) in [4.78, 5) is 13.7. The van der Waals surface area contributed by atoms with Gasteiger partial charge in [-0.1, -0.05) is 6.07 Å². The molecular weight excluding hydrogens is 282 g/mol. The van der Waals surface area contributed by atoms with E-state index in [1.807, 2.05) is 30.8 Å². The van der Waals surface area contributed by atoms with E-state index >= 15 is 0 Å². The number of hydrogen-bond donors (Lipinski definition) is 1. The van der Waals surface area contributed by atoms with Crippen molar-refractivity contribution in [2.45, 2.75) is 19.4 Å². The van der Waals surface area contributed by atoms with E-state index in [0.717, 1.165) is 43.5 Å². The predicted octanol–water partition coefficient (Wildman–Crippen LogP) is 1.75. The van der Waals surface area contributed by atoms with Gasteiger partial charge >= 0.3 is 0 Å². The number of thiazole rings is 1. The molecule has 112 valence electrons. The second-order valence-corrected chi connectivity index (χ2v) is 6.33. The van der Waals surface area contributed by atoms with Crippen molar-refractivity contribution in [3.05, 3.63) is 35.5 Å². The highest BCUT2D eigenvalue weighted by Gasteiger charge is 2.21. The molecule has 2 aromatic rings. The largest absolute Gasteiger partial charge is 0.353 e. The van der Waals surface area contributed by atoms with Crippen LogP contribution < -0.4 is 15.5 Å². The highest BCUT2D eigenvalue weighted by atomic mass is 32.1. The highest BCUT2D eigenvalue weighted by molar-refractivity contribution is 7.13. The van der Waals surface area contributed by atoms with Crippen molar-refractivity contribution in [3.8, 4) is 0 Å². The molecule has 6 heteroatoms. The minimum atomic E-state index is 0.157. The van der Waals surface area contributed by atoms with E-state index < -0.39 is 0 Å². The number of aromatic nitrogens is 2. The molecule has 3 rings (SSSR count). The van der Waals surface area contributed by atoms with Gasteiger partial charge in [0.2, 0.25) is 0 Å². The first-order chi connectivity index (χ1) is 10.2. The van der Waals surface area contributed by atoms with Gasteiger partial charge in [0, 0.05) is 50.0 Å². The first-order valence-electron chi connectivity index (χ1n) is 7.33. The Bertz CT molecular complexity index is 561. The minimum absolute atomic E-state index is 0.157. The summed E-state index contributed by atoms with van der Waals surface area (Å²) in [6.45, 7) is 5.96. The van der Waals surface area contributed by atoms with Crippen LogP contribution in [0.25, 0.3) is 0 Å². The number of anilines is 2. The third-order valence-corrected chi connectivity index (χ3v) is 4.51. The fourth-order valence-corrected chi connectivity index (χ4v) is 3.40. The van der Waals surface area contributed by atoms with E-state index in [1.165, 1.54) is 5.56 Å². The Labute approximate surface area is 129 Å². The Morgan fingerprint density at radius 3 is 2.62 bits per heavy atom. The summed E-state index contributed by atoms with van der Waals surface area (Å²) in [5.41, 5.74) is 7.19. The topological polar surface area (TPSA) is 58.3 Å². The molecule has 1 unspecified atom stereocenters. The number of rotatable bonds is 4. The molecule has 1 aliphatic rings. The van der Waals surface area contributed by atoms with Crippen LogP contribution in [0.1, 0.15) is 12.5 Å². The highest BCUT2D eigenvalue weighted by Crippen LogP contribution is 2.23. The Hall–Kier alpha value is -1.66. The molecule has 0 aromatic carbocycles. The molecule has 1 fully saturated rings. The van der Waals surface area contributed by atoms with E-state index in [0.29, 0.717) is 0 Å². The van der Waals surface area contributed by atoms with Crippen LogP contribution in [-0.4, -0.2) is 42.2 Å². The molecule has 1 aliphatic heterocycles. The molecule has 1 atom stereocenters. The van der Waals surface area contributed by atoms with Gasteiger partial charge in [0.05, 0.1) is 0 Å². The summed E-state index contributed by atoms with van der Waals surface area (Å²) in [5, 5.41) is 3.15. The zero-order valence-electron chi connectivity index (χ0n) is 12.3. The lowest BCUT2D eigenvalue weighted by Crippen LogP contribution is -2.47. The standard InChI is InChI=1S/C15H21N5S/c1-12(16)11-13-3-2-4-17-14(13)19-6-8-20(9-7-19)15-18-5-10-21-15/h2-5,10,12H,6-9,11,16H2,1H3. The third kappa shape index (κ3) is 3.33. The Kier molecular flexibility index (Phi) is 4.36. The minimum Gasteiger partial charge on any atom is -0.353 e. The Morgan fingerprint density at radius 1 is 1.19 bits per heavy atom. The molecule has 0 radical (unpaired) electrons. The Balaban J connectivity index is 1.69. The molecule has 5 nitrogen and oxygen atoms in total. The van der Waals surface area contributed by atoms with E-state index in [-0.39, 0.29) is 6.04 Å². The van der Waals surface area contributed by atoms with Crippen LogP contribution in [0.5, 0.6) is 0 Å². The molecule has 2 aromatic heterocycles. The summed E-state index contributed by atoms with van der Waals surface area (Å²) >= 11 is 1.70. The maximum Gasteiger partial charge on any atom is 0.185 e. The van der Waals surface area contributed by atoms with Crippen LogP contribution in [0.3, 0.4) is 0 Å². The first kappa shape index (κ1) is 14.3. The molecule has 1 saturated heterocycles. The molecule has 0 spiro atoms. The fraction of sp³-hybridized carbons (Fsp3) is 0.467. The first-order valence-corrected chi connectivity index (χ1v) is 8.21. The van der Waals surface area contributed by atoms with E-state index in [2.05, 4.69) is 25.8 Å². The van der Waals surface area contributed by atoms with Crippen LogP contribution in [0, 0.1) is 0 Å². The third-order valence-electron chi connectivity index (χ3n) is 3.68. The lowest BCUT2D eigenvalue weighted by atomic mass is 10.1. The maximum absolute atomic E-state index is 5.95. The number of piperazine rings is 1. The van der Waals surface area contributed by atoms with Crippen LogP contribution in [0.15, 0.2) is 29.9 Å². The smallest absolute Gasteiger partial charge is 0.185 e. The van der Waals surface area contributed by atoms with Crippen molar-refractivity contribution in [3.63, 3.8) is 0 Å². The van der Waals surface area contributed by atoms with Crippen molar-refractivity contribution in [1.29, 1.82) is 0 Å². The lowest BCUT2D eigenvalue weighted by Gasteiger charge is -2.36. The number of nitrogens with two attached hydrogens (primary N) is 1. The van der Waals surface area contributed by atoms with Crippen molar-refractivity contribution in [2.75, 3.05) is 36.0 Å². The summed E-state index contributed by atoms with van der Waals surface area (Å²) in [5.74, 6) is 1.09. The second kappa shape index (κ2) is 6.41. The van der Waals surface area contributed by atoms with Gasteiger partial charge in [-0.15, -0.1) is 11.3 Å². The van der Waals surface area contributed by atoms with Gasteiger partial charge in [-0.2, -0.15) is 0 Å². The molecule has 21 heavy (non-hydrogen) atoms. The molecule has 0 aliphatic carbocycles. The van der Waals surface area contributed by atoms with Crippen molar-refractivity contribution < 1.29 is 0 Å². The van der Waals surface area contributed by atoms with Crippen LogP contribution >= 0.6 is 11.3 Å². The van der Waals surface area contributed by atoms with Gasteiger partial charge in [0.15, 0.2) is 5.13 Å². The van der Waals surface area contributed by atoms with Gasteiger partial charge in [0.25, 0.3) is 0 Å². The van der Waals surface area contributed by atoms with Crippen LogP contribution in [0.2, 0.25) is 0 Å². The average Bonchev–Trinajstić information content (AvgIpc) is 3.02. The van der Waals surface area contributed by atoms with Crippen molar-refractivity contribution >= 4 is 22.3 Å². The van der Waals surface area contributed by atoms with Gasteiger partial charge in [0.1, 0.15) is 5.82 Å². The summed E-state index contributed by atoms with van der Waals surface area (Å²) in [7, 11) is 0. The quantitative estimate of drug-likeness (QED) is 0.932. The molecule has 3 heterocycles. The maximum atomic E-state index is 5.95. The Morgan fingerprint density at radius 2 is 1.95 bits per heavy atom. The van der Waals surface area contributed by atoms with E-state index in [4.69, 9.17) is 5.73 Å². The summed E-state index contributed by atoms with van der Waals surface area (Å²) in [6, 6.07) is 4.29. The molecule has 0 saturated carbocycles. The second-order valence-electron chi connectivity index (χ2n) is 5.46.